The number of imide groups is 1. The summed E-state index contributed by atoms with van der Waals surface area (Å²) in [6.07, 6.45) is 0. The highest BCUT2D eigenvalue weighted by molar-refractivity contribution is 7.97. The van der Waals surface area contributed by atoms with Crippen LogP contribution in [-0.4, -0.2) is 34.3 Å². The predicted molar refractivity (Wildman–Crippen MR) is 150 cm³/mol. The van der Waals surface area contributed by atoms with E-state index in [9.17, 15) is 14.4 Å². The minimum absolute atomic E-state index is 0.154. The molecule has 0 aliphatic heterocycles. The maximum Gasteiger partial charge on any atom is 0.283 e. The van der Waals surface area contributed by atoms with E-state index in [0.717, 1.165) is 21.4 Å². The third-order valence-corrected chi connectivity index (χ3v) is 7.01. The van der Waals surface area contributed by atoms with Crippen LogP contribution in [0.5, 0.6) is 5.75 Å². The third-order valence-electron chi connectivity index (χ3n) is 5.26. The van der Waals surface area contributed by atoms with E-state index >= 15 is 0 Å². The van der Waals surface area contributed by atoms with Gasteiger partial charge >= 0.3 is 0 Å². The molecule has 0 N–H and O–H groups in total. The molecular formula is C28H19Cl3N2O4S. The van der Waals surface area contributed by atoms with E-state index in [1.165, 1.54) is 67.8 Å². The van der Waals surface area contributed by atoms with Gasteiger partial charge in [0.25, 0.3) is 17.7 Å². The Morgan fingerprint density at radius 3 is 1.32 bits per heavy atom. The van der Waals surface area contributed by atoms with Crippen LogP contribution in [0, 0.1) is 0 Å². The Bertz CT molecular complexity index is 1390. The second-order valence-electron chi connectivity index (χ2n) is 7.79. The molecule has 0 spiro atoms. The number of ether oxygens (including phenoxy) is 1. The monoisotopic (exact) mass is 584 g/mol. The van der Waals surface area contributed by atoms with Gasteiger partial charge in [0.2, 0.25) is 0 Å². The van der Waals surface area contributed by atoms with Crippen molar-refractivity contribution in [1.29, 1.82) is 0 Å². The number of carbonyl (C=O) groups excluding carboxylic acids is 3. The van der Waals surface area contributed by atoms with Crippen LogP contribution in [0.4, 0.5) is 0 Å². The molecule has 0 radical (unpaired) electrons. The molecule has 3 amide bonds. The number of benzene rings is 4. The number of halogens is 3. The molecule has 4 aromatic rings. The number of methoxy groups -OCH3 is 1. The summed E-state index contributed by atoms with van der Waals surface area (Å²) in [6, 6.07) is 25.0. The summed E-state index contributed by atoms with van der Waals surface area (Å²) in [6.45, 7) is 0. The van der Waals surface area contributed by atoms with Crippen molar-refractivity contribution in [2.45, 2.75) is 4.90 Å². The van der Waals surface area contributed by atoms with E-state index in [-0.39, 0.29) is 16.7 Å². The molecular weight excluding hydrogens is 567 g/mol. The van der Waals surface area contributed by atoms with Crippen LogP contribution in [0.2, 0.25) is 15.1 Å². The Morgan fingerprint density at radius 1 is 0.579 bits per heavy atom. The van der Waals surface area contributed by atoms with Crippen molar-refractivity contribution in [2.75, 3.05) is 7.11 Å². The van der Waals surface area contributed by atoms with Gasteiger partial charge in [0.05, 0.1) is 7.11 Å². The van der Waals surface area contributed by atoms with Gasteiger partial charge in [-0.05, 0) is 97.1 Å². The van der Waals surface area contributed by atoms with E-state index in [1.54, 1.807) is 36.4 Å². The Labute approximate surface area is 238 Å². The van der Waals surface area contributed by atoms with Crippen molar-refractivity contribution < 1.29 is 19.1 Å². The summed E-state index contributed by atoms with van der Waals surface area (Å²) >= 11 is 18.9. The number of hydrazine groups is 1. The highest BCUT2D eigenvalue weighted by Crippen LogP contribution is 2.31. The fraction of sp³-hybridized carbons (Fsp3) is 0.0357. The minimum Gasteiger partial charge on any atom is -0.497 e. The Hall–Kier alpha value is -3.49. The molecule has 0 aliphatic rings. The SMILES string of the molecule is COc1ccc(SN(C(=O)c2ccc(Cl)cc2)N(C(=O)c2ccc(Cl)cc2)C(=O)c2ccc(Cl)cc2)cc1. The lowest BCUT2D eigenvalue weighted by Gasteiger charge is -2.32. The van der Waals surface area contributed by atoms with Crippen LogP contribution in [0.1, 0.15) is 31.1 Å². The summed E-state index contributed by atoms with van der Waals surface area (Å²) in [7, 11) is 1.54. The number of amides is 3. The summed E-state index contributed by atoms with van der Waals surface area (Å²) < 4.78 is 6.25. The second kappa shape index (κ2) is 12.4. The van der Waals surface area contributed by atoms with E-state index in [4.69, 9.17) is 39.5 Å². The maximum atomic E-state index is 13.9. The first-order valence-electron chi connectivity index (χ1n) is 11.1. The first kappa shape index (κ1) is 27.5. The largest absolute Gasteiger partial charge is 0.497 e. The fourth-order valence-corrected chi connectivity index (χ4v) is 4.55. The zero-order chi connectivity index (χ0) is 27.2. The molecule has 0 saturated heterocycles. The molecule has 0 aromatic heterocycles. The summed E-state index contributed by atoms with van der Waals surface area (Å²) in [5, 5.41) is 2.07. The normalized spacial score (nSPS) is 10.5. The lowest BCUT2D eigenvalue weighted by molar-refractivity contribution is 0.0283. The Morgan fingerprint density at radius 2 is 0.947 bits per heavy atom. The smallest absolute Gasteiger partial charge is 0.283 e. The summed E-state index contributed by atoms with van der Waals surface area (Å²) in [5.74, 6) is -1.47. The first-order valence-corrected chi connectivity index (χ1v) is 13.0. The van der Waals surface area contributed by atoms with Crippen LogP contribution in [0.3, 0.4) is 0 Å². The van der Waals surface area contributed by atoms with Gasteiger partial charge < -0.3 is 4.74 Å². The van der Waals surface area contributed by atoms with Gasteiger partial charge in [0, 0.05) is 48.6 Å². The predicted octanol–water partition coefficient (Wildman–Crippen LogP) is 7.70. The van der Waals surface area contributed by atoms with Gasteiger partial charge in [-0.15, -0.1) is 0 Å². The van der Waals surface area contributed by atoms with Crippen molar-refractivity contribution in [3.8, 4) is 5.75 Å². The van der Waals surface area contributed by atoms with E-state index in [1.807, 2.05) is 0 Å². The summed E-state index contributed by atoms with van der Waals surface area (Å²) in [4.78, 5) is 42.1. The Kier molecular flexibility index (Phi) is 8.97. The second-order valence-corrected chi connectivity index (χ2v) is 10.1. The molecule has 0 saturated carbocycles. The molecule has 0 bridgehead atoms. The van der Waals surface area contributed by atoms with Crippen molar-refractivity contribution >= 4 is 64.5 Å². The first-order chi connectivity index (χ1) is 18.3. The molecule has 10 heteroatoms. The van der Waals surface area contributed by atoms with Gasteiger partial charge in [0.1, 0.15) is 5.75 Å². The average molecular weight is 586 g/mol. The van der Waals surface area contributed by atoms with Gasteiger partial charge in [-0.2, -0.15) is 9.42 Å². The average Bonchev–Trinajstić information content (AvgIpc) is 2.93. The lowest BCUT2D eigenvalue weighted by Crippen LogP contribution is -2.49. The minimum atomic E-state index is -0.732. The zero-order valence-corrected chi connectivity index (χ0v) is 22.9. The van der Waals surface area contributed by atoms with Gasteiger partial charge in [0.15, 0.2) is 0 Å². The van der Waals surface area contributed by atoms with Crippen LogP contribution in [-0.2, 0) is 0 Å². The quantitative estimate of drug-likeness (QED) is 0.132. The lowest BCUT2D eigenvalue weighted by atomic mass is 10.1. The molecule has 0 atom stereocenters. The van der Waals surface area contributed by atoms with Crippen LogP contribution < -0.4 is 4.74 Å². The number of hydrogen-bond acceptors (Lipinski definition) is 5. The van der Waals surface area contributed by atoms with Crippen molar-refractivity contribution in [3.63, 3.8) is 0 Å². The van der Waals surface area contributed by atoms with Crippen molar-refractivity contribution in [1.82, 2.24) is 9.42 Å². The standard InChI is InChI=1S/C28H19Cl3N2O4S/c1-37-24-14-16-25(17-15-24)38-33(28(36)20-6-12-23(31)13-7-20)32(26(34)18-2-8-21(29)9-3-18)27(35)19-4-10-22(30)11-5-19/h2-17H,1H3. The van der Waals surface area contributed by atoms with Crippen molar-refractivity contribution in [3.05, 3.63) is 129 Å². The molecule has 4 rings (SSSR count). The van der Waals surface area contributed by atoms with E-state index < -0.39 is 17.7 Å². The van der Waals surface area contributed by atoms with Crippen LogP contribution in [0.15, 0.2) is 102 Å². The van der Waals surface area contributed by atoms with Crippen LogP contribution >= 0.6 is 46.8 Å². The van der Waals surface area contributed by atoms with Gasteiger partial charge in [-0.1, -0.05) is 34.8 Å². The highest BCUT2D eigenvalue weighted by Gasteiger charge is 2.35. The van der Waals surface area contributed by atoms with Crippen LogP contribution in [0.25, 0.3) is 0 Å². The molecule has 4 aromatic carbocycles. The molecule has 38 heavy (non-hydrogen) atoms. The molecule has 0 heterocycles. The van der Waals surface area contributed by atoms with Gasteiger partial charge in [-0.25, -0.2) is 0 Å². The number of carbonyl (C=O) groups is 3. The zero-order valence-electron chi connectivity index (χ0n) is 19.8. The molecule has 192 valence electrons. The van der Waals surface area contributed by atoms with E-state index in [0.29, 0.717) is 25.7 Å². The maximum absolute atomic E-state index is 13.9. The fourth-order valence-electron chi connectivity index (χ4n) is 3.30. The van der Waals surface area contributed by atoms with E-state index in [2.05, 4.69) is 0 Å². The third kappa shape index (κ3) is 6.49. The molecule has 6 nitrogen and oxygen atoms in total. The topological polar surface area (TPSA) is 66.9 Å². The number of hydrogen-bond donors (Lipinski definition) is 0. The highest BCUT2D eigenvalue weighted by atomic mass is 35.5. The Balaban J connectivity index is 1.84. The van der Waals surface area contributed by atoms with Gasteiger partial charge in [-0.3, -0.25) is 14.4 Å². The number of rotatable bonds is 6. The molecule has 0 unspecified atom stereocenters. The summed E-state index contributed by atoms with van der Waals surface area (Å²) in [5.41, 5.74) is 0.523. The molecule has 0 aliphatic carbocycles. The number of nitrogens with zero attached hydrogens (tertiary/aromatic N) is 2. The molecule has 0 fully saturated rings. The van der Waals surface area contributed by atoms with Crippen molar-refractivity contribution in [2.24, 2.45) is 0 Å².